The third-order valence-electron chi connectivity index (χ3n) is 7.88. The van der Waals surface area contributed by atoms with Crippen molar-refractivity contribution in [1.29, 1.82) is 0 Å². The van der Waals surface area contributed by atoms with Gasteiger partial charge in [0.15, 0.2) is 0 Å². The van der Waals surface area contributed by atoms with Gasteiger partial charge in [-0.25, -0.2) is 0 Å². The first-order chi connectivity index (χ1) is 16.6. The van der Waals surface area contributed by atoms with Gasteiger partial charge >= 0.3 is 0 Å². The van der Waals surface area contributed by atoms with Crippen LogP contribution >= 0.6 is 0 Å². The normalized spacial score (nSPS) is 12.2. The lowest BCUT2D eigenvalue weighted by Gasteiger charge is -2.07. The van der Waals surface area contributed by atoms with E-state index in [0.29, 0.717) is 0 Å². The molecule has 0 spiro atoms. The van der Waals surface area contributed by atoms with Gasteiger partial charge in [0.2, 0.25) is 0 Å². The second-order valence-electron chi connectivity index (χ2n) is 10.0. The van der Waals surface area contributed by atoms with Gasteiger partial charge < -0.3 is 9.13 Å². The van der Waals surface area contributed by atoms with Crippen molar-refractivity contribution in [3.8, 4) is 0 Å². The molecule has 6 rings (SSSR count). The molecular weight excluding hydrogens is 412 g/mol. The number of aromatic nitrogens is 2. The molecule has 2 heterocycles. The van der Waals surface area contributed by atoms with Crippen LogP contribution in [-0.4, -0.2) is 9.13 Å². The van der Waals surface area contributed by atoms with Crippen molar-refractivity contribution in [2.45, 2.75) is 52.4 Å². The van der Waals surface area contributed by atoms with Crippen LogP contribution in [0.2, 0.25) is 0 Å². The monoisotopic (exact) mass is 446 g/mol. The van der Waals surface area contributed by atoms with E-state index >= 15 is 0 Å². The highest BCUT2D eigenvalue weighted by molar-refractivity contribution is 6.25. The average molecular weight is 447 g/mol. The Morgan fingerprint density at radius 3 is 1.26 bits per heavy atom. The van der Waals surface area contributed by atoms with Gasteiger partial charge in [0.1, 0.15) is 0 Å². The Bertz CT molecular complexity index is 1570. The molecule has 0 saturated heterocycles. The largest absolute Gasteiger partial charge is 0.343 e. The minimum absolute atomic E-state index is 1.16. The fourth-order valence-electron chi connectivity index (χ4n) is 6.03. The van der Waals surface area contributed by atoms with Crippen LogP contribution < -0.4 is 0 Å². The molecule has 0 atom stereocenters. The van der Waals surface area contributed by atoms with Crippen LogP contribution in [0.3, 0.4) is 0 Å². The molecule has 0 fully saturated rings. The number of aryl methyl sites for hydroxylation is 4. The molecule has 6 aromatic rings. The molecule has 2 heteroatoms. The molecule has 0 N–H and O–H groups in total. The maximum atomic E-state index is 2.42. The zero-order chi connectivity index (χ0) is 23.4. The standard InChI is InChI=1S/C32H34N2/c1-5-7-9-21-11-17-29-27(19-21)25-15-13-24-23(31(25)33(29)3)14-16-26-28-20-22(10-8-6-2)12-18-30(28)34(4)32(24)26/h11-20H,5-10H2,1-4H3. The maximum Gasteiger partial charge on any atom is 0.0569 e. The first-order valence-corrected chi connectivity index (χ1v) is 13.0. The molecule has 2 aromatic heterocycles. The van der Waals surface area contributed by atoms with Crippen molar-refractivity contribution in [2.75, 3.05) is 0 Å². The predicted octanol–water partition coefficient (Wildman–Crippen LogP) is 8.81. The fourth-order valence-corrected chi connectivity index (χ4v) is 6.03. The SMILES string of the molecule is CCCCc1ccc2c(c1)c1ccc3c(ccc4c5cc(CCCC)ccc5n(C)c43)c1n2C. The summed E-state index contributed by atoms with van der Waals surface area (Å²) in [4.78, 5) is 0. The zero-order valence-corrected chi connectivity index (χ0v) is 20.9. The molecule has 0 amide bonds. The molecule has 0 aliphatic rings. The number of nitrogens with zero attached hydrogens (tertiary/aromatic N) is 2. The smallest absolute Gasteiger partial charge is 0.0569 e. The van der Waals surface area contributed by atoms with Gasteiger partial charge in [-0.2, -0.15) is 0 Å². The molecule has 34 heavy (non-hydrogen) atoms. The molecule has 2 nitrogen and oxygen atoms in total. The van der Waals surface area contributed by atoms with E-state index < -0.39 is 0 Å². The minimum Gasteiger partial charge on any atom is -0.343 e. The van der Waals surface area contributed by atoms with Crippen molar-refractivity contribution in [3.63, 3.8) is 0 Å². The van der Waals surface area contributed by atoms with Gasteiger partial charge in [0, 0.05) is 57.4 Å². The summed E-state index contributed by atoms with van der Waals surface area (Å²) in [6, 6.07) is 23.5. The van der Waals surface area contributed by atoms with Gasteiger partial charge in [-0.15, -0.1) is 0 Å². The molecule has 0 radical (unpaired) electrons. The van der Waals surface area contributed by atoms with Crippen LogP contribution in [0.5, 0.6) is 0 Å². The quantitative estimate of drug-likeness (QED) is 0.242. The summed E-state index contributed by atoms with van der Waals surface area (Å²) < 4.78 is 4.79. The molecule has 0 aliphatic carbocycles. The predicted molar refractivity (Wildman–Crippen MR) is 149 cm³/mol. The van der Waals surface area contributed by atoms with E-state index in [1.807, 2.05) is 0 Å². The van der Waals surface area contributed by atoms with Crippen molar-refractivity contribution in [3.05, 3.63) is 71.8 Å². The van der Waals surface area contributed by atoms with E-state index in [-0.39, 0.29) is 0 Å². The van der Waals surface area contributed by atoms with E-state index in [1.54, 1.807) is 0 Å². The van der Waals surface area contributed by atoms with Crippen LogP contribution in [-0.2, 0) is 26.9 Å². The van der Waals surface area contributed by atoms with E-state index in [4.69, 9.17) is 0 Å². The highest BCUT2D eigenvalue weighted by atomic mass is 14.9. The van der Waals surface area contributed by atoms with Crippen LogP contribution in [0.25, 0.3) is 54.4 Å². The highest BCUT2D eigenvalue weighted by Gasteiger charge is 2.16. The number of hydrogen-bond acceptors (Lipinski definition) is 0. The average Bonchev–Trinajstić information content (AvgIpc) is 3.32. The van der Waals surface area contributed by atoms with Gasteiger partial charge in [0.25, 0.3) is 0 Å². The number of unbranched alkanes of at least 4 members (excludes halogenated alkanes) is 2. The lowest BCUT2D eigenvalue weighted by atomic mass is 10.0. The summed E-state index contributed by atoms with van der Waals surface area (Å²) in [6.45, 7) is 4.53. The lowest BCUT2D eigenvalue weighted by molar-refractivity contribution is 0.796. The van der Waals surface area contributed by atoms with Crippen LogP contribution in [0.1, 0.15) is 50.7 Å². The minimum atomic E-state index is 1.16. The summed E-state index contributed by atoms with van der Waals surface area (Å²) in [5.41, 5.74) is 8.22. The van der Waals surface area contributed by atoms with Crippen LogP contribution in [0, 0.1) is 0 Å². The molecule has 4 aromatic carbocycles. The van der Waals surface area contributed by atoms with Crippen molar-refractivity contribution < 1.29 is 0 Å². The molecular formula is C32H34N2. The number of rotatable bonds is 6. The van der Waals surface area contributed by atoms with Gasteiger partial charge in [-0.1, -0.05) is 63.1 Å². The molecule has 0 aliphatic heterocycles. The number of fused-ring (bicyclic) bond motifs is 9. The number of benzene rings is 4. The Hall–Kier alpha value is -3.26. The van der Waals surface area contributed by atoms with Crippen molar-refractivity contribution in [2.24, 2.45) is 14.1 Å². The molecule has 0 unspecified atom stereocenters. The Morgan fingerprint density at radius 1 is 0.500 bits per heavy atom. The van der Waals surface area contributed by atoms with E-state index in [1.165, 1.54) is 91.2 Å². The van der Waals surface area contributed by atoms with Gasteiger partial charge in [0.05, 0.1) is 11.0 Å². The summed E-state index contributed by atoms with van der Waals surface area (Å²) in [5, 5.41) is 8.18. The Balaban J connectivity index is 1.63. The summed E-state index contributed by atoms with van der Waals surface area (Å²) in [7, 11) is 4.45. The summed E-state index contributed by atoms with van der Waals surface area (Å²) in [5.74, 6) is 0. The van der Waals surface area contributed by atoms with Crippen LogP contribution in [0.15, 0.2) is 60.7 Å². The van der Waals surface area contributed by atoms with E-state index in [2.05, 4.69) is 97.7 Å². The molecule has 172 valence electrons. The van der Waals surface area contributed by atoms with Crippen molar-refractivity contribution >= 4 is 54.4 Å². The summed E-state index contributed by atoms with van der Waals surface area (Å²) in [6.07, 6.45) is 7.29. The Kier molecular flexibility index (Phi) is 5.13. The van der Waals surface area contributed by atoms with E-state index in [0.717, 1.165) is 12.8 Å². The second kappa shape index (κ2) is 8.20. The third kappa shape index (κ3) is 3.08. The molecule has 0 bridgehead atoms. The second-order valence-corrected chi connectivity index (χ2v) is 10.0. The maximum absolute atomic E-state index is 2.42. The fraction of sp³-hybridized carbons (Fsp3) is 0.312. The topological polar surface area (TPSA) is 9.86 Å². The molecule has 0 saturated carbocycles. The lowest BCUT2D eigenvalue weighted by Crippen LogP contribution is -1.91. The van der Waals surface area contributed by atoms with Crippen molar-refractivity contribution in [1.82, 2.24) is 9.13 Å². The van der Waals surface area contributed by atoms with Gasteiger partial charge in [-0.05, 0) is 61.1 Å². The first kappa shape index (κ1) is 21.3. The highest BCUT2D eigenvalue weighted by Crippen LogP contribution is 2.39. The third-order valence-corrected chi connectivity index (χ3v) is 7.88. The van der Waals surface area contributed by atoms with Crippen LogP contribution in [0.4, 0.5) is 0 Å². The van der Waals surface area contributed by atoms with Gasteiger partial charge in [-0.3, -0.25) is 0 Å². The zero-order valence-electron chi connectivity index (χ0n) is 20.9. The summed E-state index contributed by atoms with van der Waals surface area (Å²) >= 11 is 0. The van der Waals surface area contributed by atoms with E-state index in [9.17, 15) is 0 Å². The first-order valence-electron chi connectivity index (χ1n) is 13.0. The Morgan fingerprint density at radius 2 is 0.882 bits per heavy atom. The Labute approximate surface area is 201 Å². The number of hydrogen-bond donors (Lipinski definition) is 0.